The largest absolute Gasteiger partial charge is 0.478 e. The van der Waals surface area contributed by atoms with E-state index in [2.05, 4.69) is 0 Å². The van der Waals surface area contributed by atoms with E-state index in [0.29, 0.717) is 24.7 Å². The fourth-order valence-electron chi connectivity index (χ4n) is 0.438. The molecule has 0 aromatic carbocycles. The third-order valence-corrected chi connectivity index (χ3v) is 0.897. The first-order valence-electron chi connectivity index (χ1n) is 3.39. The van der Waals surface area contributed by atoms with Crippen LogP contribution in [0.2, 0.25) is 0 Å². The third kappa shape index (κ3) is 6.73. The molecule has 11 heavy (non-hydrogen) atoms. The topological polar surface area (TPSA) is 87.3 Å². The minimum absolute atomic E-state index is 0.334. The molecule has 4 heteroatoms. The van der Waals surface area contributed by atoms with Crippen LogP contribution < -0.4 is 17.2 Å². The van der Waals surface area contributed by atoms with Gasteiger partial charge in [0.1, 0.15) is 6.61 Å². The smallest absolute Gasteiger partial charge is 0.184 e. The van der Waals surface area contributed by atoms with E-state index in [1.165, 1.54) is 0 Å². The highest BCUT2D eigenvalue weighted by Gasteiger charge is 1.85. The molecule has 0 atom stereocenters. The van der Waals surface area contributed by atoms with Crippen molar-refractivity contribution in [3.8, 4) is 0 Å². The van der Waals surface area contributed by atoms with Gasteiger partial charge in [-0.05, 0) is 19.1 Å². The Morgan fingerprint density at radius 2 is 2.00 bits per heavy atom. The molecule has 0 heterocycles. The summed E-state index contributed by atoms with van der Waals surface area (Å²) in [6.45, 7) is 2.66. The van der Waals surface area contributed by atoms with Gasteiger partial charge >= 0.3 is 0 Å². The zero-order valence-electron chi connectivity index (χ0n) is 6.71. The van der Waals surface area contributed by atoms with Crippen molar-refractivity contribution in [2.45, 2.75) is 6.92 Å². The molecule has 0 aliphatic carbocycles. The van der Waals surface area contributed by atoms with Crippen LogP contribution in [0.1, 0.15) is 6.92 Å². The Morgan fingerprint density at radius 3 is 2.45 bits per heavy atom. The van der Waals surface area contributed by atoms with Gasteiger partial charge in [-0.1, -0.05) is 0 Å². The molecule has 0 rings (SSSR count). The molecule has 0 fully saturated rings. The van der Waals surface area contributed by atoms with Gasteiger partial charge in [0, 0.05) is 12.2 Å². The molecule has 0 aliphatic heterocycles. The molecule has 0 saturated carbocycles. The molecule has 0 aromatic rings. The van der Waals surface area contributed by atoms with Crippen LogP contribution in [0.4, 0.5) is 0 Å². The summed E-state index contributed by atoms with van der Waals surface area (Å²) in [7, 11) is 0. The molecule has 0 spiro atoms. The normalized spacial score (nSPS) is 13.3. The van der Waals surface area contributed by atoms with Crippen LogP contribution >= 0.6 is 0 Å². The Hall–Kier alpha value is -1.16. The fraction of sp³-hybridized carbons (Fsp3) is 0.429. The maximum atomic E-state index is 5.39. The van der Waals surface area contributed by atoms with Gasteiger partial charge in [0.05, 0.1) is 0 Å². The fourth-order valence-corrected chi connectivity index (χ4v) is 0.438. The summed E-state index contributed by atoms with van der Waals surface area (Å²) in [4.78, 5) is 0. The number of ether oxygens (including phenoxy) is 1. The average Bonchev–Trinajstić information content (AvgIpc) is 1.97. The highest BCUT2D eigenvalue weighted by atomic mass is 16.5. The van der Waals surface area contributed by atoms with E-state index in [4.69, 9.17) is 21.9 Å². The number of hydrogen-bond donors (Lipinski definition) is 3. The van der Waals surface area contributed by atoms with Crippen LogP contribution in [0.25, 0.3) is 0 Å². The zero-order valence-corrected chi connectivity index (χ0v) is 6.71. The Bertz CT molecular complexity index is 159. The Kier molecular flexibility index (Phi) is 5.02. The second kappa shape index (κ2) is 5.61. The van der Waals surface area contributed by atoms with Crippen LogP contribution in [-0.4, -0.2) is 13.2 Å². The number of nitrogens with two attached hydrogens (primary N) is 3. The van der Waals surface area contributed by atoms with Gasteiger partial charge in [-0.25, -0.2) is 0 Å². The molecule has 0 unspecified atom stereocenters. The molecular weight excluding hydrogens is 142 g/mol. The highest BCUT2D eigenvalue weighted by molar-refractivity contribution is 5.09. The first-order valence-corrected chi connectivity index (χ1v) is 3.39. The Balaban J connectivity index is 3.72. The summed E-state index contributed by atoms with van der Waals surface area (Å²) in [6.07, 6.45) is 3.27. The van der Waals surface area contributed by atoms with E-state index in [9.17, 15) is 0 Å². The first kappa shape index (κ1) is 9.84. The lowest BCUT2D eigenvalue weighted by molar-refractivity contribution is 0.218. The monoisotopic (exact) mass is 157 g/mol. The first-order chi connectivity index (χ1) is 5.16. The van der Waals surface area contributed by atoms with Crippen molar-refractivity contribution >= 4 is 0 Å². The van der Waals surface area contributed by atoms with Crippen LogP contribution in [0.5, 0.6) is 0 Å². The van der Waals surface area contributed by atoms with E-state index >= 15 is 0 Å². The van der Waals surface area contributed by atoms with Gasteiger partial charge in [0.15, 0.2) is 5.88 Å². The van der Waals surface area contributed by atoms with Gasteiger partial charge in [0.25, 0.3) is 0 Å². The lowest BCUT2D eigenvalue weighted by atomic mass is 10.4. The van der Waals surface area contributed by atoms with Crippen molar-refractivity contribution in [2.24, 2.45) is 17.2 Å². The summed E-state index contributed by atoms with van der Waals surface area (Å²) < 4.78 is 4.96. The molecule has 0 saturated heterocycles. The maximum absolute atomic E-state index is 5.39. The number of allylic oxidation sites excluding steroid dienone is 3. The van der Waals surface area contributed by atoms with Crippen LogP contribution in [0.15, 0.2) is 23.7 Å². The molecule has 0 radical (unpaired) electrons. The molecule has 64 valence electrons. The zero-order chi connectivity index (χ0) is 8.69. The summed E-state index contributed by atoms with van der Waals surface area (Å²) in [5.41, 5.74) is 16.6. The van der Waals surface area contributed by atoms with Crippen LogP contribution in [0, 0.1) is 0 Å². The van der Waals surface area contributed by atoms with Crippen molar-refractivity contribution in [1.29, 1.82) is 0 Å². The van der Waals surface area contributed by atoms with E-state index in [0.717, 1.165) is 0 Å². The molecule has 4 nitrogen and oxygen atoms in total. The second-order valence-electron chi connectivity index (χ2n) is 2.12. The highest BCUT2D eigenvalue weighted by Crippen LogP contribution is 1.89. The standard InChI is InChI=1S/C7H15N3O/c1-6(9)2-3-7(10)11-5-4-8/h2-3H,4-5,8-10H2,1H3/b6-2-,7-3+. The average molecular weight is 157 g/mol. The number of rotatable bonds is 4. The number of hydrogen-bond acceptors (Lipinski definition) is 4. The maximum Gasteiger partial charge on any atom is 0.184 e. The van der Waals surface area contributed by atoms with Gasteiger partial charge in [0.2, 0.25) is 0 Å². The Labute approximate surface area is 66.7 Å². The van der Waals surface area contributed by atoms with E-state index in [1.54, 1.807) is 19.1 Å². The van der Waals surface area contributed by atoms with Gasteiger partial charge in [-0.15, -0.1) is 0 Å². The van der Waals surface area contributed by atoms with Crippen molar-refractivity contribution in [3.05, 3.63) is 23.7 Å². The lowest BCUT2D eigenvalue weighted by Crippen LogP contribution is -2.11. The molecule has 0 aromatic heterocycles. The summed E-state index contributed by atoms with van der Waals surface area (Å²) >= 11 is 0. The minimum atomic E-state index is 0.334. The molecule has 0 bridgehead atoms. The molecule has 0 aliphatic rings. The summed E-state index contributed by atoms with van der Waals surface area (Å²) in [6, 6.07) is 0. The second-order valence-corrected chi connectivity index (χ2v) is 2.12. The van der Waals surface area contributed by atoms with Crippen molar-refractivity contribution < 1.29 is 4.74 Å². The quantitative estimate of drug-likeness (QED) is 0.383. The molecule has 0 amide bonds. The SMILES string of the molecule is C/C(N)=C/C=C(\N)OCCN. The predicted octanol–water partition coefficient (Wildman–Crippen LogP) is -0.376. The van der Waals surface area contributed by atoms with E-state index in [-0.39, 0.29) is 0 Å². The molecular formula is C7H15N3O. The van der Waals surface area contributed by atoms with Crippen molar-refractivity contribution in [2.75, 3.05) is 13.2 Å². The summed E-state index contributed by atoms with van der Waals surface area (Å²) in [5, 5.41) is 0. The Morgan fingerprint density at radius 1 is 1.36 bits per heavy atom. The summed E-state index contributed by atoms with van der Waals surface area (Å²) in [5.74, 6) is 0.334. The third-order valence-electron chi connectivity index (χ3n) is 0.897. The minimum Gasteiger partial charge on any atom is -0.478 e. The van der Waals surface area contributed by atoms with E-state index < -0.39 is 0 Å². The van der Waals surface area contributed by atoms with Gasteiger partial charge in [-0.2, -0.15) is 0 Å². The van der Waals surface area contributed by atoms with Gasteiger partial charge in [-0.3, -0.25) is 0 Å². The van der Waals surface area contributed by atoms with Gasteiger partial charge < -0.3 is 21.9 Å². The lowest BCUT2D eigenvalue weighted by Gasteiger charge is -2.01. The molecule has 6 N–H and O–H groups in total. The van der Waals surface area contributed by atoms with Crippen LogP contribution in [0.3, 0.4) is 0 Å². The van der Waals surface area contributed by atoms with Crippen LogP contribution in [-0.2, 0) is 4.74 Å². The van der Waals surface area contributed by atoms with Crippen molar-refractivity contribution in [3.63, 3.8) is 0 Å². The van der Waals surface area contributed by atoms with Crippen molar-refractivity contribution in [1.82, 2.24) is 0 Å². The van der Waals surface area contributed by atoms with E-state index in [1.807, 2.05) is 0 Å². The predicted molar refractivity (Wildman–Crippen MR) is 45.2 cm³/mol.